The third-order valence-corrected chi connectivity index (χ3v) is 29.0. The molecule has 0 radical (unpaired) electrons. The molecule has 0 unspecified atom stereocenters. The molecule has 13 N–H and O–H groups in total. The first-order valence-electron chi connectivity index (χ1n) is 45.7. The molecule has 4 fully saturated rings. The van der Waals surface area contributed by atoms with Crippen LogP contribution in [0, 0.1) is 26.7 Å². The Morgan fingerprint density at radius 2 is 0.756 bits per heavy atom. The highest BCUT2D eigenvalue weighted by Crippen LogP contribution is 2.38. The average molecular weight is 2080 g/mol. The van der Waals surface area contributed by atoms with Gasteiger partial charge in [0.1, 0.15) is 23.3 Å². The van der Waals surface area contributed by atoms with Crippen LogP contribution in [-0.2, 0) is 45.3 Å². The standard InChI is InChI=1S/C26H30BrN7O2.C26H30BrN7O.C25H26BrN7O.C22H24BrN7/c1-16-3-4-21-17(11-16)12-18(13-30-21)20-14-31-34-25(28)24(27)22(32-26(20)34)15-29-19-5-8-33(9-6-19)23(35)7-10-36-2;1-15(2)26(35)33-8-6-19(7-9-33)29-14-22-23(27)24(28)34-25(32-22)20(13-31-34)18-11-17-10-16(3)4-5-21(17)30-12-18;1-16(34)32-11-9-19(10-12-32)28-15-22-23(26)24(27)33-25(31-22)20(14-30-33)18-7-8-21(29-13-18)17-5-3-2-4-6-17;1-13-2-3-18-14(8-13)9-15(10-27-18)17-11-28-30-21(24)20(23)19(29-22(17)30)12-26-16-4-6-25-7-5-16/h3-4,11-14,19,29H,5-10,15,28H2,1-2H3;4-5,10-13,15,19,29H,6-9,14,28H2,1-3H3;2-8,13-14,19,28H,9-12,15,27H2,1H3;2-3,8-11,16,25-26H,4-7,12,24H2,1H3. The maximum atomic E-state index is 12.3. The molecule has 32 nitrogen and oxygen atoms in total. The number of halogens is 4. The van der Waals surface area contributed by atoms with E-state index in [-0.39, 0.29) is 23.6 Å². The second-order valence-corrected chi connectivity index (χ2v) is 38.4. The van der Waals surface area contributed by atoms with Crippen LogP contribution in [0.2, 0.25) is 0 Å². The number of likely N-dealkylation sites (tertiary alicyclic amines) is 3. The van der Waals surface area contributed by atoms with Gasteiger partial charge in [-0.3, -0.25) is 34.3 Å². The van der Waals surface area contributed by atoms with Crippen molar-refractivity contribution in [1.29, 1.82) is 0 Å². The van der Waals surface area contributed by atoms with Gasteiger partial charge in [0.15, 0.2) is 22.6 Å². The first-order chi connectivity index (χ1) is 65.4. The first kappa shape index (κ1) is 94.8. The van der Waals surface area contributed by atoms with Gasteiger partial charge < -0.3 is 69.0 Å². The lowest BCUT2D eigenvalue weighted by Crippen LogP contribution is -2.46. The van der Waals surface area contributed by atoms with Crippen LogP contribution >= 0.6 is 63.7 Å². The Balaban J connectivity index is 0.000000125. The van der Waals surface area contributed by atoms with E-state index in [4.69, 9.17) is 47.6 Å². The summed E-state index contributed by atoms with van der Waals surface area (Å²) in [6.07, 6.45) is 22.8. The molecule has 3 amide bonds. The zero-order chi connectivity index (χ0) is 94.2. The Kier molecular flexibility index (Phi) is 29.9. The van der Waals surface area contributed by atoms with Gasteiger partial charge in [-0.15, -0.1) is 0 Å². The van der Waals surface area contributed by atoms with Crippen molar-refractivity contribution in [2.24, 2.45) is 5.92 Å². The smallest absolute Gasteiger partial charge is 0.225 e. The number of methoxy groups -OCH3 is 1. The van der Waals surface area contributed by atoms with Gasteiger partial charge >= 0.3 is 0 Å². The van der Waals surface area contributed by atoms with E-state index in [1.165, 1.54) is 16.7 Å². The van der Waals surface area contributed by atoms with Gasteiger partial charge in [0, 0.05) is 201 Å². The fraction of sp³-hybridized carbons (Fsp3) is 0.343. The largest absolute Gasteiger partial charge is 0.384 e. The van der Waals surface area contributed by atoms with Crippen molar-refractivity contribution in [1.82, 2.24) is 120 Å². The molecule has 20 rings (SSSR count). The summed E-state index contributed by atoms with van der Waals surface area (Å²) >= 11 is 14.5. The molecule has 4 saturated heterocycles. The van der Waals surface area contributed by atoms with E-state index in [0.717, 1.165) is 239 Å². The van der Waals surface area contributed by atoms with Crippen LogP contribution in [-0.4, -0.2) is 201 Å². The summed E-state index contributed by atoms with van der Waals surface area (Å²) in [4.78, 5) is 80.1. The van der Waals surface area contributed by atoms with Crippen LogP contribution in [0.5, 0.6) is 0 Å². The number of carbonyl (C=O) groups is 3. The predicted molar refractivity (Wildman–Crippen MR) is 545 cm³/mol. The number of anilines is 4. The van der Waals surface area contributed by atoms with E-state index < -0.39 is 0 Å². The number of nitrogens with zero attached hydrogens (tertiary/aromatic N) is 19. The van der Waals surface area contributed by atoms with E-state index in [1.807, 2.05) is 120 Å². The van der Waals surface area contributed by atoms with Crippen molar-refractivity contribution >= 4 is 160 Å². The summed E-state index contributed by atoms with van der Waals surface area (Å²) in [5.41, 5.74) is 47.7. The fourth-order valence-corrected chi connectivity index (χ4v) is 19.3. The monoisotopic (exact) mass is 2070 g/mol. The Morgan fingerprint density at radius 1 is 0.415 bits per heavy atom. The molecular weight excluding hydrogens is 1960 g/mol. The Hall–Kier alpha value is -12.0. The molecule has 4 aliphatic heterocycles. The zero-order valence-corrected chi connectivity index (χ0v) is 82.8. The first-order valence-corrected chi connectivity index (χ1v) is 48.9. The van der Waals surface area contributed by atoms with Crippen LogP contribution in [0.3, 0.4) is 0 Å². The number of fused-ring (bicyclic) bond motifs is 7. The summed E-state index contributed by atoms with van der Waals surface area (Å²) < 4.78 is 14.7. The van der Waals surface area contributed by atoms with E-state index in [9.17, 15) is 14.4 Å². The third kappa shape index (κ3) is 21.5. The molecule has 135 heavy (non-hydrogen) atoms. The quantitative estimate of drug-likeness (QED) is 0.0323. The molecule has 4 aromatic carbocycles. The number of aromatic nitrogens is 16. The van der Waals surface area contributed by atoms with Crippen LogP contribution in [0.1, 0.15) is 118 Å². The number of nitrogen functional groups attached to an aromatic ring is 4. The molecule has 16 aromatic rings. The van der Waals surface area contributed by atoms with Gasteiger partial charge in [-0.1, -0.05) is 85.1 Å². The molecule has 12 aromatic heterocycles. The van der Waals surface area contributed by atoms with Crippen LogP contribution in [0.15, 0.2) is 183 Å². The van der Waals surface area contributed by atoms with Crippen molar-refractivity contribution in [3.8, 4) is 55.8 Å². The van der Waals surface area contributed by atoms with Crippen molar-refractivity contribution in [3.05, 3.63) is 222 Å². The zero-order valence-electron chi connectivity index (χ0n) is 76.5. The third-order valence-electron chi connectivity index (χ3n) is 25.5. The molecule has 16 heterocycles. The lowest BCUT2D eigenvalue weighted by Gasteiger charge is -2.33. The molecule has 36 heteroatoms. The topological polar surface area (TPSA) is 407 Å². The van der Waals surface area contributed by atoms with E-state index in [1.54, 1.807) is 50.7 Å². The normalized spacial score (nSPS) is 14.9. The Labute approximate surface area is 815 Å². The minimum absolute atomic E-state index is 0.0426. The molecule has 4 aliphatic rings. The van der Waals surface area contributed by atoms with Crippen LogP contribution < -0.4 is 49.5 Å². The Bertz CT molecular complexity index is 7020. The highest BCUT2D eigenvalue weighted by atomic mass is 79.9. The molecule has 0 atom stereocenters. The molecular formula is C99H110Br4N28O4. The van der Waals surface area contributed by atoms with E-state index in [0.29, 0.717) is 104 Å². The number of pyridine rings is 4. The molecule has 698 valence electrons. The summed E-state index contributed by atoms with van der Waals surface area (Å²) in [5.74, 6) is 2.65. The highest BCUT2D eigenvalue weighted by molar-refractivity contribution is 9.11. The lowest BCUT2D eigenvalue weighted by atomic mass is 10.0. The fourth-order valence-electron chi connectivity index (χ4n) is 17.7. The second-order valence-electron chi connectivity index (χ2n) is 35.2. The Morgan fingerprint density at radius 3 is 1.10 bits per heavy atom. The number of aryl methyl sites for hydroxylation is 3. The summed E-state index contributed by atoms with van der Waals surface area (Å²) in [6, 6.07) is 40.7. The number of rotatable bonds is 21. The van der Waals surface area contributed by atoms with Crippen molar-refractivity contribution in [2.75, 3.05) is 89.0 Å². The highest BCUT2D eigenvalue weighted by Gasteiger charge is 2.30. The number of benzene rings is 4. The van der Waals surface area contributed by atoms with Gasteiger partial charge in [0.05, 0.1) is 101 Å². The number of ether oxygens (including phenoxy) is 1. The van der Waals surface area contributed by atoms with E-state index in [2.05, 4.69) is 206 Å². The summed E-state index contributed by atoms with van der Waals surface area (Å²) in [6.45, 7) is 21.3. The van der Waals surface area contributed by atoms with Crippen molar-refractivity contribution in [3.63, 3.8) is 0 Å². The SMILES string of the molecule is CC(=O)N1CCC(NCc2nc3c(-c4ccc(-c5ccccc5)nc4)cnn3c(N)c2Br)CC1.COCCC(=O)N1CCC(NCc2nc3c(-c4cnc5ccc(C)cc5c4)cnn3c(N)c2Br)CC1.Cc1ccc2ncc(-c3cnn4c(N)c(Br)c(CNC5CCN(C(=O)C(C)C)CC5)nc34)cc2c1.Cc1ccc2ncc(-c3cnn4c(N)c(Br)c(CNC5CCNCC5)nc34)cc2c1. The summed E-state index contributed by atoms with van der Waals surface area (Å²) in [5, 5.41) is 39.0. The molecule has 0 aliphatic carbocycles. The molecule has 0 saturated carbocycles. The van der Waals surface area contributed by atoms with Gasteiger partial charge in [-0.25, -0.2) is 19.9 Å². The predicted octanol–water partition coefficient (Wildman–Crippen LogP) is 15.4. The number of nitrogens with one attached hydrogen (secondary N) is 5. The average Bonchev–Trinajstić information content (AvgIpc) is 1.64. The van der Waals surface area contributed by atoms with Gasteiger partial charge in [-0.2, -0.15) is 38.5 Å². The van der Waals surface area contributed by atoms with Gasteiger partial charge in [-0.05, 0) is 210 Å². The number of hydrogen-bond donors (Lipinski definition) is 9. The minimum Gasteiger partial charge on any atom is -0.384 e. The van der Waals surface area contributed by atoms with Crippen LogP contribution in [0.25, 0.3) is 111 Å². The molecule has 0 bridgehead atoms. The number of hydrogen-bond acceptors (Lipinski definition) is 25. The van der Waals surface area contributed by atoms with Crippen LogP contribution in [0.4, 0.5) is 23.3 Å². The van der Waals surface area contributed by atoms with Crippen molar-refractivity contribution in [2.45, 2.75) is 150 Å². The maximum Gasteiger partial charge on any atom is 0.225 e. The maximum absolute atomic E-state index is 12.3. The molecule has 0 spiro atoms. The second kappa shape index (κ2) is 42.5. The van der Waals surface area contributed by atoms with Gasteiger partial charge in [0.2, 0.25) is 17.7 Å². The van der Waals surface area contributed by atoms with Gasteiger partial charge in [0.25, 0.3) is 0 Å². The number of amides is 3. The summed E-state index contributed by atoms with van der Waals surface area (Å²) in [7, 11) is 1.62. The minimum atomic E-state index is 0.0426. The van der Waals surface area contributed by atoms with Crippen molar-refractivity contribution < 1.29 is 19.1 Å². The van der Waals surface area contributed by atoms with E-state index >= 15 is 0 Å². The number of carbonyl (C=O) groups excluding carboxylic acids is 3. The number of piperidine rings is 4. The lowest BCUT2D eigenvalue weighted by molar-refractivity contribution is -0.135. The number of nitrogens with two attached hydrogens (primary N) is 4.